The normalized spacial score (nSPS) is 26.9. The van der Waals surface area contributed by atoms with Gasteiger partial charge in [-0.3, -0.25) is 4.68 Å². The summed E-state index contributed by atoms with van der Waals surface area (Å²) in [6, 6.07) is 0. The Morgan fingerprint density at radius 1 is 1.25 bits per heavy atom. The summed E-state index contributed by atoms with van der Waals surface area (Å²) in [5.41, 5.74) is 6.00. The van der Waals surface area contributed by atoms with E-state index in [-0.39, 0.29) is 0 Å². The Balaban J connectivity index is 2.01. The summed E-state index contributed by atoms with van der Waals surface area (Å²) in [6.07, 6.45) is 10.5. The molecule has 0 bridgehead atoms. The van der Waals surface area contributed by atoms with Crippen LogP contribution in [-0.4, -0.2) is 21.3 Å². The Morgan fingerprint density at radius 2 is 2.10 bits per heavy atom. The molecule has 0 aliphatic heterocycles. The van der Waals surface area contributed by atoms with Crippen molar-refractivity contribution in [3.8, 4) is 0 Å². The molecule has 1 aromatic rings. The molecule has 4 nitrogen and oxygen atoms in total. The second-order valence-corrected chi connectivity index (χ2v) is 6.33. The van der Waals surface area contributed by atoms with Gasteiger partial charge in [0.15, 0.2) is 0 Å². The van der Waals surface area contributed by atoms with Crippen molar-refractivity contribution in [1.82, 2.24) is 14.8 Å². The fraction of sp³-hybridized carbons (Fsp3) is 0.875. The molecule has 1 fully saturated rings. The molecule has 0 amide bonds. The Hall–Kier alpha value is -0.900. The smallest absolute Gasteiger partial charge is 0.138 e. The van der Waals surface area contributed by atoms with Gasteiger partial charge in [-0.05, 0) is 43.6 Å². The maximum Gasteiger partial charge on any atom is 0.138 e. The monoisotopic (exact) mass is 278 g/mol. The zero-order valence-corrected chi connectivity index (χ0v) is 13.1. The third-order valence-electron chi connectivity index (χ3n) is 4.82. The SMILES string of the molecule is CCCC1CCC(CN)C(Cc2ncnn2CCC)C1. The van der Waals surface area contributed by atoms with Crippen LogP contribution in [-0.2, 0) is 13.0 Å². The van der Waals surface area contributed by atoms with Crippen LogP contribution in [0.3, 0.4) is 0 Å². The summed E-state index contributed by atoms with van der Waals surface area (Å²) < 4.78 is 2.08. The maximum atomic E-state index is 6.00. The number of hydrogen-bond acceptors (Lipinski definition) is 3. The van der Waals surface area contributed by atoms with Crippen molar-refractivity contribution in [3.05, 3.63) is 12.2 Å². The molecule has 3 unspecified atom stereocenters. The van der Waals surface area contributed by atoms with Crippen LogP contribution < -0.4 is 5.73 Å². The van der Waals surface area contributed by atoms with E-state index in [1.807, 2.05) is 0 Å². The van der Waals surface area contributed by atoms with Crippen molar-refractivity contribution in [1.29, 1.82) is 0 Å². The number of nitrogens with zero attached hydrogens (tertiary/aromatic N) is 3. The molecule has 2 N–H and O–H groups in total. The minimum Gasteiger partial charge on any atom is -0.330 e. The highest BCUT2D eigenvalue weighted by Crippen LogP contribution is 2.37. The Bertz CT molecular complexity index is 388. The lowest BCUT2D eigenvalue weighted by Crippen LogP contribution is -2.32. The quantitative estimate of drug-likeness (QED) is 0.834. The zero-order chi connectivity index (χ0) is 14.4. The van der Waals surface area contributed by atoms with Crippen LogP contribution in [0.25, 0.3) is 0 Å². The van der Waals surface area contributed by atoms with Crippen LogP contribution in [0.2, 0.25) is 0 Å². The van der Waals surface area contributed by atoms with Crippen LogP contribution in [0.15, 0.2) is 6.33 Å². The van der Waals surface area contributed by atoms with Gasteiger partial charge in [0.2, 0.25) is 0 Å². The summed E-state index contributed by atoms with van der Waals surface area (Å²) in [7, 11) is 0. The summed E-state index contributed by atoms with van der Waals surface area (Å²) >= 11 is 0. The molecule has 0 radical (unpaired) electrons. The van der Waals surface area contributed by atoms with E-state index >= 15 is 0 Å². The predicted octanol–water partition coefficient (Wildman–Crippen LogP) is 3.02. The lowest BCUT2D eigenvalue weighted by atomic mass is 9.71. The molecule has 1 aromatic heterocycles. The van der Waals surface area contributed by atoms with Gasteiger partial charge in [-0.25, -0.2) is 4.98 Å². The summed E-state index contributed by atoms with van der Waals surface area (Å²) in [6.45, 7) is 6.28. The van der Waals surface area contributed by atoms with E-state index in [0.717, 1.165) is 37.7 Å². The van der Waals surface area contributed by atoms with E-state index in [1.54, 1.807) is 6.33 Å². The summed E-state index contributed by atoms with van der Waals surface area (Å²) in [5, 5.41) is 4.35. The van der Waals surface area contributed by atoms with Crippen LogP contribution in [0, 0.1) is 17.8 Å². The largest absolute Gasteiger partial charge is 0.330 e. The molecule has 4 heteroatoms. The molecule has 2 rings (SSSR count). The van der Waals surface area contributed by atoms with Crippen LogP contribution in [0.1, 0.15) is 58.2 Å². The van der Waals surface area contributed by atoms with Gasteiger partial charge in [-0.15, -0.1) is 0 Å². The third-order valence-corrected chi connectivity index (χ3v) is 4.82. The molecule has 0 aromatic carbocycles. The molecule has 114 valence electrons. The molecule has 1 heterocycles. The highest BCUT2D eigenvalue weighted by molar-refractivity contribution is 4.92. The fourth-order valence-electron chi connectivity index (χ4n) is 3.73. The van der Waals surface area contributed by atoms with E-state index in [4.69, 9.17) is 5.73 Å². The number of nitrogens with two attached hydrogens (primary N) is 1. The van der Waals surface area contributed by atoms with Gasteiger partial charge in [0, 0.05) is 13.0 Å². The first-order valence-corrected chi connectivity index (χ1v) is 8.35. The highest BCUT2D eigenvalue weighted by atomic mass is 15.3. The molecule has 1 aliphatic rings. The van der Waals surface area contributed by atoms with Crippen molar-refractivity contribution in [2.75, 3.05) is 6.54 Å². The first-order chi connectivity index (χ1) is 9.78. The molecular formula is C16H30N4. The fourth-order valence-corrected chi connectivity index (χ4v) is 3.73. The first kappa shape index (κ1) is 15.5. The minimum absolute atomic E-state index is 0.676. The number of rotatable bonds is 7. The topological polar surface area (TPSA) is 56.7 Å². The van der Waals surface area contributed by atoms with Crippen molar-refractivity contribution >= 4 is 0 Å². The van der Waals surface area contributed by atoms with E-state index < -0.39 is 0 Å². The van der Waals surface area contributed by atoms with Crippen molar-refractivity contribution in [2.45, 2.75) is 65.3 Å². The second-order valence-electron chi connectivity index (χ2n) is 6.33. The van der Waals surface area contributed by atoms with Gasteiger partial charge in [0.25, 0.3) is 0 Å². The first-order valence-electron chi connectivity index (χ1n) is 8.35. The van der Waals surface area contributed by atoms with Gasteiger partial charge in [0.05, 0.1) is 0 Å². The van der Waals surface area contributed by atoms with Gasteiger partial charge < -0.3 is 5.73 Å². The number of hydrogen-bond donors (Lipinski definition) is 1. The summed E-state index contributed by atoms with van der Waals surface area (Å²) in [5.74, 6) is 3.43. The molecule has 1 saturated carbocycles. The van der Waals surface area contributed by atoms with Gasteiger partial charge in [-0.2, -0.15) is 5.10 Å². The van der Waals surface area contributed by atoms with Crippen LogP contribution >= 0.6 is 0 Å². The maximum absolute atomic E-state index is 6.00. The predicted molar refractivity (Wildman–Crippen MR) is 82.3 cm³/mol. The summed E-state index contributed by atoms with van der Waals surface area (Å²) in [4.78, 5) is 4.48. The molecule has 1 aliphatic carbocycles. The van der Waals surface area contributed by atoms with Crippen molar-refractivity contribution < 1.29 is 0 Å². The van der Waals surface area contributed by atoms with Crippen molar-refractivity contribution in [2.24, 2.45) is 23.5 Å². The van der Waals surface area contributed by atoms with Gasteiger partial charge in [-0.1, -0.05) is 33.1 Å². The minimum atomic E-state index is 0.676. The van der Waals surface area contributed by atoms with E-state index in [0.29, 0.717) is 11.8 Å². The Morgan fingerprint density at radius 3 is 2.80 bits per heavy atom. The lowest BCUT2D eigenvalue weighted by molar-refractivity contribution is 0.172. The Kier molecular flexibility index (Phi) is 6.02. The average Bonchev–Trinajstić information content (AvgIpc) is 2.87. The van der Waals surface area contributed by atoms with Gasteiger partial charge >= 0.3 is 0 Å². The zero-order valence-electron chi connectivity index (χ0n) is 13.1. The standard InChI is InChI=1S/C16H30N4/c1-3-5-13-6-7-14(11-17)15(9-13)10-16-18-12-19-20(16)8-4-2/h12-15H,3-11,17H2,1-2H3. The van der Waals surface area contributed by atoms with E-state index in [2.05, 4.69) is 28.6 Å². The van der Waals surface area contributed by atoms with Crippen LogP contribution in [0.4, 0.5) is 0 Å². The number of aryl methyl sites for hydroxylation is 1. The highest BCUT2D eigenvalue weighted by Gasteiger charge is 2.30. The Labute approximate surface area is 123 Å². The molecule has 0 saturated heterocycles. The van der Waals surface area contributed by atoms with E-state index in [1.165, 1.54) is 32.1 Å². The van der Waals surface area contributed by atoms with Gasteiger partial charge in [0.1, 0.15) is 12.2 Å². The molecule has 0 spiro atoms. The number of aromatic nitrogens is 3. The molecule has 20 heavy (non-hydrogen) atoms. The second kappa shape index (κ2) is 7.77. The van der Waals surface area contributed by atoms with Crippen molar-refractivity contribution in [3.63, 3.8) is 0 Å². The molecular weight excluding hydrogens is 248 g/mol. The third kappa shape index (κ3) is 3.81. The van der Waals surface area contributed by atoms with E-state index in [9.17, 15) is 0 Å². The molecule has 3 atom stereocenters. The average molecular weight is 278 g/mol. The lowest BCUT2D eigenvalue weighted by Gasteiger charge is -2.35. The van der Waals surface area contributed by atoms with Crippen LogP contribution in [0.5, 0.6) is 0 Å².